The molecule has 1 aliphatic carbocycles. The van der Waals surface area contributed by atoms with Crippen molar-refractivity contribution < 1.29 is 17.6 Å². The second-order valence-corrected chi connectivity index (χ2v) is 6.94. The Morgan fingerprint density at radius 2 is 1.97 bits per heavy atom. The Hall–Kier alpha value is -3.31. The van der Waals surface area contributed by atoms with E-state index in [1.807, 2.05) is 0 Å². The van der Waals surface area contributed by atoms with E-state index in [1.165, 1.54) is 10.9 Å². The van der Waals surface area contributed by atoms with E-state index < -0.39 is 24.2 Å². The van der Waals surface area contributed by atoms with Gasteiger partial charge in [0.25, 0.3) is 18.6 Å². The van der Waals surface area contributed by atoms with Gasteiger partial charge in [-0.05, 0) is 36.2 Å². The SMILES string of the molecule is CN=C/C(=C\N)C1CC1c1cc(-c2nc3nc(C(F)F)cc(C(F)F)n3n2)n(C)n1. The predicted octanol–water partition coefficient (Wildman–Crippen LogP) is 3.05. The summed E-state index contributed by atoms with van der Waals surface area (Å²) in [7, 11) is 3.33. The maximum Gasteiger partial charge on any atom is 0.280 e. The minimum atomic E-state index is -3.02. The van der Waals surface area contributed by atoms with Crippen LogP contribution in [0, 0.1) is 5.92 Å². The van der Waals surface area contributed by atoms with Crippen LogP contribution in [0.3, 0.4) is 0 Å². The van der Waals surface area contributed by atoms with Gasteiger partial charge in [0.15, 0.2) is 0 Å². The zero-order chi connectivity index (χ0) is 21.6. The molecule has 0 aromatic carbocycles. The molecule has 158 valence electrons. The number of aliphatic imine (C=N–C) groups is 1. The first kappa shape index (κ1) is 20.0. The van der Waals surface area contributed by atoms with E-state index in [4.69, 9.17) is 5.73 Å². The normalized spacial score (nSPS) is 19.7. The van der Waals surface area contributed by atoms with E-state index in [1.54, 1.807) is 26.4 Å². The van der Waals surface area contributed by atoms with Gasteiger partial charge in [-0.2, -0.15) is 14.6 Å². The van der Waals surface area contributed by atoms with Gasteiger partial charge < -0.3 is 5.73 Å². The van der Waals surface area contributed by atoms with Crippen molar-refractivity contribution in [1.82, 2.24) is 29.4 Å². The van der Waals surface area contributed by atoms with Gasteiger partial charge in [0.2, 0.25) is 5.82 Å². The lowest BCUT2D eigenvalue weighted by Gasteiger charge is -2.05. The van der Waals surface area contributed by atoms with Gasteiger partial charge in [0.05, 0.1) is 5.69 Å². The zero-order valence-corrected chi connectivity index (χ0v) is 16.0. The van der Waals surface area contributed by atoms with Gasteiger partial charge in [0, 0.05) is 26.2 Å². The van der Waals surface area contributed by atoms with Crippen LogP contribution >= 0.6 is 0 Å². The van der Waals surface area contributed by atoms with Crippen molar-refractivity contribution in [3.63, 3.8) is 0 Å². The average molecular weight is 422 g/mol. The quantitative estimate of drug-likeness (QED) is 0.486. The number of aromatic nitrogens is 6. The van der Waals surface area contributed by atoms with Gasteiger partial charge in [-0.25, -0.2) is 22.5 Å². The number of halogens is 4. The van der Waals surface area contributed by atoms with E-state index in [0.717, 1.165) is 22.2 Å². The standard InChI is InChI=1S/C18H18F4N8/c1-24-7-8(6-23)9-3-10(9)11-4-14(29(2)27-11)17-26-18-25-12(15(19)20)5-13(16(21)22)30(18)28-17/h4-7,9-10,15-16H,3,23H2,1-2H3/b8-6+,24-7?. The van der Waals surface area contributed by atoms with Gasteiger partial charge in [-0.1, -0.05) is 0 Å². The Kier molecular flexibility index (Phi) is 5.00. The third-order valence-electron chi connectivity index (χ3n) is 5.00. The highest BCUT2D eigenvalue weighted by Gasteiger charge is 2.42. The minimum absolute atomic E-state index is 0.0685. The van der Waals surface area contributed by atoms with Crippen molar-refractivity contribution in [2.75, 3.05) is 7.05 Å². The van der Waals surface area contributed by atoms with Gasteiger partial charge in [-0.3, -0.25) is 9.67 Å². The Labute approximate surface area is 168 Å². The lowest BCUT2D eigenvalue weighted by atomic mass is 10.1. The molecule has 1 fully saturated rings. The molecule has 1 saturated carbocycles. The molecule has 4 rings (SSSR count). The Balaban J connectivity index is 1.71. The average Bonchev–Trinajstić information content (AvgIpc) is 3.21. The van der Waals surface area contributed by atoms with Crippen molar-refractivity contribution >= 4 is 12.0 Å². The number of fused-ring (bicyclic) bond motifs is 1. The van der Waals surface area contributed by atoms with Crippen LogP contribution < -0.4 is 5.73 Å². The molecule has 3 aromatic heterocycles. The first-order valence-electron chi connectivity index (χ1n) is 9.06. The molecule has 0 aliphatic heterocycles. The summed E-state index contributed by atoms with van der Waals surface area (Å²) in [6.07, 6.45) is -1.95. The fourth-order valence-corrected chi connectivity index (χ4v) is 3.47. The van der Waals surface area contributed by atoms with Crippen LogP contribution in [-0.4, -0.2) is 42.6 Å². The van der Waals surface area contributed by atoms with Gasteiger partial charge >= 0.3 is 0 Å². The van der Waals surface area contributed by atoms with E-state index in [-0.39, 0.29) is 23.4 Å². The molecule has 2 N–H and O–H groups in total. The second kappa shape index (κ2) is 7.50. The monoisotopic (exact) mass is 422 g/mol. The van der Waals surface area contributed by atoms with Crippen LogP contribution in [0.15, 0.2) is 28.9 Å². The van der Waals surface area contributed by atoms with Gasteiger partial charge in [-0.15, -0.1) is 5.10 Å². The third-order valence-corrected chi connectivity index (χ3v) is 5.00. The number of aryl methyl sites for hydroxylation is 1. The van der Waals surface area contributed by atoms with Crippen molar-refractivity contribution in [2.24, 2.45) is 23.7 Å². The maximum absolute atomic E-state index is 13.4. The summed E-state index contributed by atoms with van der Waals surface area (Å²) in [6, 6.07) is 2.40. The molecule has 2 atom stereocenters. The van der Waals surface area contributed by atoms with Gasteiger partial charge in [0.1, 0.15) is 17.1 Å². The molecule has 0 bridgehead atoms. The van der Waals surface area contributed by atoms with Crippen molar-refractivity contribution in [3.05, 3.63) is 41.0 Å². The summed E-state index contributed by atoms with van der Waals surface area (Å²) in [5.74, 6) is 0.0720. The molecule has 12 heteroatoms. The molecule has 2 unspecified atom stereocenters. The predicted molar refractivity (Wildman–Crippen MR) is 100 cm³/mol. The van der Waals surface area contributed by atoms with Crippen LogP contribution in [0.1, 0.15) is 42.3 Å². The molecule has 3 aromatic rings. The molecule has 0 saturated heterocycles. The minimum Gasteiger partial charge on any atom is -0.404 e. The molecule has 0 radical (unpaired) electrons. The summed E-state index contributed by atoms with van der Waals surface area (Å²) < 4.78 is 55.1. The number of allylic oxidation sites excluding steroid dienone is 1. The number of alkyl halides is 4. The summed E-state index contributed by atoms with van der Waals surface area (Å²) in [5, 5.41) is 8.54. The number of nitrogens with zero attached hydrogens (tertiary/aromatic N) is 7. The first-order chi connectivity index (χ1) is 14.3. The van der Waals surface area contributed by atoms with E-state index in [0.29, 0.717) is 11.8 Å². The maximum atomic E-state index is 13.4. The molecule has 3 heterocycles. The van der Waals surface area contributed by atoms with E-state index in [2.05, 4.69) is 25.2 Å². The fourth-order valence-electron chi connectivity index (χ4n) is 3.47. The highest BCUT2D eigenvalue weighted by atomic mass is 19.3. The van der Waals surface area contributed by atoms with Crippen LogP contribution in [-0.2, 0) is 7.05 Å². The number of hydrogen-bond donors (Lipinski definition) is 1. The van der Waals surface area contributed by atoms with Crippen LogP contribution in [0.5, 0.6) is 0 Å². The number of hydrogen-bond acceptors (Lipinski definition) is 6. The Bertz CT molecular complexity index is 1150. The Morgan fingerprint density at radius 1 is 1.20 bits per heavy atom. The first-order valence-corrected chi connectivity index (χ1v) is 9.06. The largest absolute Gasteiger partial charge is 0.404 e. The molecular formula is C18H18F4N8. The molecule has 0 amide bonds. The smallest absolute Gasteiger partial charge is 0.280 e. The van der Waals surface area contributed by atoms with Crippen LogP contribution in [0.4, 0.5) is 17.6 Å². The zero-order valence-electron chi connectivity index (χ0n) is 16.0. The second-order valence-electron chi connectivity index (χ2n) is 6.94. The molecule has 1 aliphatic rings. The summed E-state index contributed by atoms with van der Waals surface area (Å²) >= 11 is 0. The summed E-state index contributed by atoms with van der Waals surface area (Å²) in [5.41, 5.74) is 6.33. The summed E-state index contributed by atoms with van der Waals surface area (Å²) in [6.45, 7) is 0. The molecule has 0 spiro atoms. The van der Waals surface area contributed by atoms with Crippen LogP contribution in [0.2, 0.25) is 0 Å². The van der Waals surface area contributed by atoms with Crippen molar-refractivity contribution in [1.29, 1.82) is 0 Å². The lowest BCUT2D eigenvalue weighted by molar-refractivity contribution is 0.135. The molecule has 30 heavy (non-hydrogen) atoms. The van der Waals surface area contributed by atoms with Crippen molar-refractivity contribution in [3.8, 4) is 11.5 Å². The van der Waals surface area contributed by atoms with Crippen LogP contribution in [0.25, 0.3) is 17.3 Å². The van der Waals surface area contributed by atoms with E-state index >= 15 is 0 Å². The molecule has 8 nitrogen and oxygen atoms in total. The topological polar surface area (TPSA) is 99.3 Å². The highest BCUT2D eigenvalue weighted by molar-refractivity contribution is 5.80. The summed E-state index contributed by atoms with van der Waals surface area (Å²) in [4.78, 5) is 11.7. The lowest BCUT2D eigenvalue weighted by Crippen LogP contribution is -2.04. The third kappa shape index (κ3) is 3.42. The van der Waals surface area contributed by atoms with E-state index in [9.17, 15) is 17.6 Å². The fraction of sp³-hybridized carbons (Fsp3) is 0.389. The van der Waals surface area contributed by atoms with Crippen molar-refractivity contribution in [2.45, 2.75) is 25.2 Å². The number of nitrogens with two attached hydrogens (primary N) is 1. The highest BCUT2D eigenvalue weighted by Crippen LogP contribution is 2.51. The molecular weight excluding hydrogens is 404 g/mol. The Morgan fingerprint density at radius 3 is 2.60 bits per heavy atom. The number of rotatable bonds is 6.